The zero-order chi connectivity index (χ0) is 19.0. The maximum atomic E-state index is 12.3. The quantitative estimate of drug-likeness (QED) is 0.677. The van der Waals surface area contributed by atoms with Crippen molar-refractivity contribution >= 4 is 57.0 Å². The van der Waals surface area contributed by atoms with E-state index in [1.54, 1.807) is 13.8 Å². The summed E-state index contributed by atoms with van der Waals surface area (Å²) in [6.07, 6.45) is 2.89. The fourth-order valence-electron chi connectivity index (χ4n) is 2.95. The molecule has 1 heterocycles. The van der Waals surface area contributed by atoms with Crippen LogP contribution in [0, 0.1) is 25.2 Å². The molecule has 1 amide bonds. The fraction of sp³-hybridized carbons (Fsp3) is 0.333. The molecule has 1 N–H and O–H groups in total. The van der Waals surface area contributed by atoms with E-state index in [1.165, 1.54) is 16.2 Å². The number of hydrogen-bond donors (Lipinski definition) is 1. The van der Waals surface area contributed by atoms with E-state index in [0.29, 0.717) is 26.7 Å². The third-order valence-corrected chi connectivity index (χ3v) is 7.03. The smallest absolute Gasteiger partial charge is 0.262 e. The molecule has 8 heteroatoms. The number of nitrogens with one attached hydrogen (secondary N) is 1. The summed E-state index contributed by atoms with van der Waals surface area (Å²) < 4.78 is 5.56. The van der Waals surface area contributed by atoms with Gasteiger partial charge in [-0.3, -0.25) is 4.79 Å². The summed E-state index contributed by atoms with van der Waals surface area (Å²) in [4.78, 5) is 13.5. The number of carbonyl (C=O) groups excluding carboxylic acids is 1. The van der Waals surface area contributed by atoms with Crippen LogP contribution < -0.4 is 10.1 Å². The minimum atomic E-state index is -0.376. The molecule has 0 spiro atoms. The lowest BCUT2D eigenvalue weighted by Crippen LogP contribution is -2.20. The highest BCUT2D eigenvalue weighted by Gasteiger charge is 2.24. The Balaban J connectivity index is 1.74. The largest absolute Gasteiger partial charge is 0.481 e. The van der Waals surface area contributed by atoms with E-state index in [9.17, 15) is 10.1 Å². The highest BCUT2D eigenvalue weighted by Crippen LogP contribution is 2.43. The summed E-state index contributed by atoms with van der Waals surface area (Å²) in [5, 5.41) is 13.8. The molecule has 0 saturated heterocycles. The number of anilines is 1. The predicted molar refractivity (Wildman–Crippen MR) is 106 cm³/mol. The number of thiophene rings is 1. The molecular weight excluding hydrogens is 415 g/mol. The summed E-state index contributed by atoms with van der Waals surface area (Å²) >= 11 is 20.1. The molecule has 4 nitrogen and oxygen atoms in total. The third-order valence-electron chi connectivity index (χ3n) is 4.35. The van der Waals surface area contributed by atoms with Crippen LogP contribution in [0.4, 0.5) is 5.00 Å². The van der Waals surface area contributed by atoms with Crippen LogP contribution in [0.5, 0.6) is 5.75 Å². The van der Waals surface area contributed by atoms with Crippen molar-refractivity contribution in [2.75, 3.05) is 11.9 Å². The van der Waals surface area contributed by atoms with Crippen LogP contribution in [0.1, 0.15) is 33.6 Å². The first-order valence-electron chi connectivity index (χ1n) is 7.96. The molecule has 0 unspecified atom stereocenters. The summed E-state index contributed by atoms with van der Waals surface area (Å²) in [7, 11) is 0. The van der Waals surface area contributed by atoms with Crippen molar-refractivity contribution in [3.63, 3.8) is 0 Å². The Morgan fingerprint density at radius 3 is 2.46 bits per heavy atom. The maximum Gasteiger partial charge on any atom is 0.262 e. The first kappa shape index (κ1) is 19.3. The zero-order valence-electron chi connectivity index (χ0n) is 14.1. The lowest BCUT2D eigenvalue weighted by Gasteiger charge is -2.15. The average Bonchev–Trinajstić information content (AvgIpc) is 3.18. The van der Waals surface area contributed by atoms with Gasteiger partial charge in [0, 0.05) is 9.90 Å². The lowest BCUT2D eigenvalue weighted by atomic mass is 10.1. The molecule has 136 valence electrons. The molecule has 2 aromatic rings. The number of nitriles is 1. The Labute approximate surface area is 170 Å². The second-order valence-corrected chi connectivity index (χ2v) is 8.27. The van der Waals surface area contributed by atoms with Crippen LogP contribution in [0.3, 0.4) is 0 Å². The van der Waals surface area contributed by atoms with E-state index in [0.717, 1.165) is 24.8 Å². The predicted octanol–water partition coefficient (Wildman–Crippen LogP) is 5.70. The Bertz CT molecular complexity index is 918. The van der Waals surface area contributed by atoms with Crippen molar-refractivity contribution in [1.82, 2.24) is 0 Å². The molecule has 3 rings (SSSR count). The maximum absolute atomic E-state index is 12.3. The Morgan fingerprint density at radius 2 is 1.85 bits per heavy atom. The van der Waals surface area contributed by atoms with E-state index in [-0.39, 0.29) is 28.3 Å². The minimum absolute atomic E-state index is 0.233. The normalized spacial score (nSPS) is 12.6. The number of amides is 1. The number of carbonyl (C=O) groups is 1. The Kier molecular flexibility index (Phi) is 5.69. The standard InChI is InChI=1S/C18H15Cl3N2O2S/c1-8-14(19)9(2)16(21)17(15(8)20)25-7-13(24)23-18-11(6-22)10-4-3-5-12(10)26-18/h3-5,7H2,1-2H3,(H,23,24). The Hall–Kier alpha value is -1.45. The van der Waals surface area contributed by atoms with Crippen LogP contribution in [0.15, 0.2) is 0 Å². The van der Waals surface area contributed by atoms with E-state index in [1.807, 2.05) is 0 Å². The number of hydrogen-bond acceptors (Lipinski definition) is 4. The van der Waals surface area contributed by atoms with Gasteiger partial charge in [-0.1, -0.05) is 34.8 Å². The van der Waals surface area contributed by atoms with Gasteiger partial charge in [0.05, 0.1) is 15.6 Å². The highest BCUT2D eigenvalue weighted by atomic mass is 35.5. The molecular formula is C18H15Cl3N2O2S. The molecule has 0 fully saturated rings. The van der Waals surface area contributed by atoms with E-state index < -0.39 is 0 Å². The molecule has 26 heavy (non-hydrogen) atoms. The van der Waals surface area contributed by atoms with Crippen LogP contribution in [-0.4, -0.2) is 12.5 Å². The Morgan fingerprint density at radius 1 is 1.19 bits per heavy atom. The average molecular weight is 430 g/mol. The molecule has 0 saturated carbocycles. The number of rotatable bonds is 4. The van der Waals surface area contributed by atoms with E-state index >= 15 is 0 Å². The van der Waals surface area contributed by atoms with Gasteiger partial charge in [0.1, 0.15) is 11.1 Å². The molecule has 1 aromatic carbocycles. The molecule has 0 radical (unpaired) electrons. The minimum Gasteiger partial charge on any atom is -0.481 e. The summed E-state index contributed by atoms with van der Waals surface area (Å²) in [6, 6.07) is 2.19. The number of fused-ring (bicyclic) bond motifs is 1. The number of benzene rings is 1. The van der Waals surface area contributed by atoms with Gasteiger partial charge in [-0.25, -0.2) is 0 Å². The summed E-state index contributed by atoms with van der Waals surface area (Å²) in [6.45, 7) is 3.24. The van der Waals surface area contributed by atoms with Crippen LogP contribution in [0.25, 0.3) is 0 Å². The van der Waals surface area contributed by atoms with Crippen molar-refractivity contribution in [2.45, 2.75) is 33.1 Å². The first-order chi connectivity index (χ1) is 12.3. The van der Waals surface area contributed by atoms with Gasteiger partial charge in [0.2, 0.25) is 0 Å². The molecule has 0 aliphatic heterocycles. The van der Waals surface area contributed by atoms with Crippen LogP contribution in [0.2, 0.25) is 15.1 Å². The van der Waals surface area contributed by atoms with Gasteiger partial charge in [-0.2, -0.15) is 5.26 Å². The number of halogens is 3. The second kappa shape index (κ2) is 7.66. The van der Waals surface area contributed by atoms with Crippen molar-refractivity contribution < 1.29 is 9.53 Å². The number of nitrogens with zero attached hydrogens (tertiary/aromatic N) is 1. The van der Waals surface area contributed by atoms with Gasteiger partial charge in [0.25, 0.3) is 5.91 Å². The van der Waals surface area contributed by atoms with Crippen molar-refractivity contribution in [1.29, 1.82) is 5.26 Å². The van der Waals surface area contributed by atoms with Gasteiger partial charge < -0.3 is 10.1 Å². The molecule has 0 bridgehead atoms. The first-order valence-corrected chi connectivity index (χ1v) is 9.91. The molecule has 1 aliphatic rings. The molecule has 1 aliphatic carbocycles. The monoisotopic (exact) mass is 428 g/mol. The van der Waals surface area contributed by atoms with Crippen LogP contribution >= 0.6 is 46.1 Å². The number of aryl methyl sites for hydroxylation is 1. The van der Waals surface area contributed by atoms with Gasteiger partial charge in [-0.05, 0) is 49.8 Å². The van der Waals surface area contributed by atoms with Crippen molar-refractivity contribution in [3.05, 3.63) is 42.2 Å². The van der Waals surface area contributed by atoms with Crippen molar-refractivity contribution in [3.8, 4) is 11.8 Å². The van der Waals surface area contributed by atoms with Gasteiger partial charge in [0.15, 0.2) is 12.4 Å². The third kappa shape index (κ3) is 3.39. The highest BCUT2D eigenvalue weighted by molar-refractivity contribution is 7.16. The lowest BCUT2D eigenvalue weighted by molar-refractivity contribution is -0.118. The van der Waals surface area contributed by atoms with E-state index in [4.69, 9.17) is 39.5 Å². The second-order valence-electron chi connectivity index (χ2n) is 6.03. The van der Waals surface area contributed by atoms with Crippen LogP contribution in [-0.2, 0) is 17.6 Å². The molecule has 0 atom stereocenters. The van der Waals surface area contributed by atoms with E-state index in [2.05, 4.69) is 11.4 Å². The van der Waals surface area contributed by atoms with Gasteiger partial charge in [-0.15, -0.1) is 11.3 Å². The topological polar surface area (TPSA) is 62.1 Å². The van der Waals surface area contributed by atoms with Gasteiger partial charge >= 0.3 is 0 Å². The number of ether oxygens (including phenoxy) is 1. The SMILES string of the molecule is Cc1c(Cl)c(C)c(Cl)c(OCC(=O)Nc2sc3c(c2C#N)CCC3)c1Cl. The summed E-state index contributed by atoms with van der Waals surface area (Å²) in [5.41, 5.74) is 2.91. The molecule has 1 aromatic heterocycles. The van der Waals surface area contributed by atoms with Crippen molar-refractivity contribution in [2.24, 2.45) is 0 Å². The summed E-state index contributed by atoms with van der Waals surface area (Å²) in [5.74, 6) is -0.143. The fourth-order valence-corrected chi connectivity index (χ4v) is 5.03. The zero-order valence-corrected chi connectivity index (χ0v) is 17.2.